The molecule has 0 fully saturated rings. The molecule has 0 bridgehead atoms. The van der Waals surface area contributed by atoms with Crippen LogP contribution in [0.15, 0.2) is 47.4 Å². The molecule has 6 heteroatoms. The molecule has 0 aromatic heterocycles. The van der Waals surface area contributed by atoms with Crippen LogP contribution in [0.2, 0.25) is 0 Å². The lowest BCUT2D eigenvalue weighted by Gasteiger charge is -2.10. The maximum Gasteiger partial charge on any atom is 0.251 e. The first-order chi connectivity index (χ1) is 11.3. The van der Waals surface area contributed by atoms with Crippen molar-refractivity contribution >= 4 is 15.7 Å². The largest absolute Gasteiger partial charge is 0.497 e. The molecule has 0 heterocycles. The topological polar surface area (TPSA) is 72.5 Å². The summed E-state index contributed by atoms with van der Waals surface area (Å²) >= 11 is 0. The van der Waals surface area contributed by atoms with E-state index < -0.39 is 9.84 Å². The van der Waals surface area contributed by atoms with E-state index in [4.69, 9.17) is 4.74 Å². The molecule has 0 atom stereocenters. The fourth-order valence-electron chi connectivity index (χ4n) is 2.32. The van der Waals surface area contributed by atoms with Crippen molar-refractivity contribution in [3.8, 4) is 5.75 Å². The monoisotopic (exact) mass is 347 g/mol. The Morgan fingerprint density at radius 1 is 1.17 bits per heavy atom. The van der Waals surface area contributed by atoms with Gasteiger partial charge in [-0.15, -0.1) is 0 Å². The summed E-state index contributed by atoms with van der Waals surface area (Å²) in [7, 11) is -1.73. The third kappa shape index (κ3) is 4.58. The first-order valence-electron chi connectivity index (χ1n) is 7.53. The van der Waals surface area contributed by atoms with Crippen LogP contribution in [0.1, 0.15) is 21.5 Å². The Morgan fingerprint density at radius 2 is 1.92 bits per heavy atom. The van der Waals surface area contributed by atoms with Gasteiger partial charge in [-0.2, -0.15) is 0 Å². The zero-order valence-corrected chi connectivity index (χ0v) is 14.8. The van der Waals surface area contributed by atoms with Crippen molar-refractivity contribution in [2.45, 2.75) is 18.2 Å². The molecule has 0 spiro atoms. The number of nitrogens with one attached hydrogen (secondary N) is 1. The number of benzene rings is 2. The number of carbonyl (C=O) groups excluding carboxylic acids is 1. The molecule has 5 nitrogen and oxygen atoms in total. The predicted molar refractivity (Wildman–Crippen MR) is 93.3 cm³/mol. The predicted octanol–water partition coefficient (Wildman–Crippen LogP) is 2.38. The summed E-state index contributed by atoms with van der Waals surface area (Å²) in [6.07, 6.45) is 1.79. The van der Waals surface area contributed by atoms with Crippen LogP contribution in [0.3, 0.4) is 0 Å². The van der Waals surface area contributed by atoms with Gasteiger partial charge >= 0.3 is 0 Å². The summed E-state index contributed by atoms with van der Waals surface area (Å²) in [5.41, 5.74) is 2.17. The number of hydrogen-bond acceptors (Lipinski definition) is 4. The number of ether oxygens (including phenoxy) is 1. The molecule has 1 amide bonds. The molecule has 2 aromatic carbocycles. The van der Waals surface area contributed by atoms with Crippen molar-refractivity contribution in [3.05, 3.63) is 59.2 Å². The molecule has 2 rings (SSSR count). The van der Waals surface area contributed by atoms with Gasteiger partial charge in [0.25, 0.3) is 5.91 Å². The van der Waals surface area contributed by atoms with E-state index in [1.807, 2.05) is 24.3 Å². The summed E-state index contributed by atoms with van der Waals surface area (Å²) in [6.45, 7) is 2.23. The van der Waals surface area contributed by atoms with Crippen molar-refractivity contribution in [1.82, 2.24) is 5.32 Å². The van der Waals surface area contributed by atoms with Crippen LogP contribution in [-0.2, 0) is 16.3 Å². The van der Waals surface area contributed by atoms with Crippen LogP contribution in [0.4, 0.5) is 0 Å². The fourth-order valence-corrected chi connectivity index (χ4v) is 2.97. The highest BCUT2D eigenvalue weighted by molar-refractivity contribution is 7.90. The summed E-state index contributed by atoms with van der Waals surface area (Å²) in [5, 5.41) is 2.83. The SMILES string of the molecule is COc1cccc(CCNC(=O)c2cc(S(C)(=O)=O)ccc2C)c1. The molecule has 0 unspecified atom stereocenters. The maximum absolute atomic E-state index is 12.3. The zero-order chi connectivity index (χ0) is 17.7. The van der Waals surface area contributed by atoms with Crippen LogP contribution in [0.5, 0.6) is 5.75 Å². The van der Waals surface area contributed by atoms with Crippen LogP contribution < -0.4 is 10.1 Å². The molecular formula is C18H21NO4S. The minimum atomic E-state index is -3.34. The minimum absolute atomic E-state index is 0.144. The van der Waals surface area contributed by atoms with E-state index in [0.29, 0.717) is 18.5 Å². The van der Waals surface area contributed by atoms with Crippen molar-refractivity contribution in [1.29, 1.82) is 0 Å². The molecule has 1 N–H and O–H groups in total. The Morgan fingerprint density at radius 3 is 2.58 bits per heavy atom. The van der Waals surface area contributed by atoms with Crippen molar-refractivity contribution < 1.29 is 17.9 Å². The molecular weight excluding hydrogens is 326 g/mol. The Kier molecular flexibility index (Phi) is 5.62. The van der Waals surface area contributed by atoms with Gasteiger partial charge in [0.2, 0.25) is 0 Å². The van der Waals surface area contributed by atoms with E-state index in [0.717, 1.165) is 23.1 Å². The number of sulfone groups is 1. The van der Waals surface area contributed by atoms with E-state index >= 15 is 0 Å². The summed E-state index contributed by atoms with van der Waals surface area (Å²) in [4.78, 5) is 12.5. The Balaban J connectivity index is 2.04. The fraction of sp³-hybridized carbons (Fsp3) is 0.278. The maximum atomic E-state index is 12.3. The third-order valence-corrected chi connectivity index (χ3v) is 4.83. The summed E-state index contributed by atoms with van der Waals surface area (Å²) in [6, 6.07) is 12.2. The first-order valence-corrected chi connectivity index (χ1v) is 9.42. The highest BCUT2D eigenvalue weighted by atomic mass is 32.2. The van der Waals surface area contributed by atoms with Gasteiger partial charge in [-0.1, -0.05) is 18.2 Å². The number of amides is 1. The Hall–Kier alpha value is -2.34. The standard InChI is InChI=1S/C18H21NO4S/c1-13-7-8-16(24(3,21)22)12-17(13)18(20)19-10-9-14-5-4-6-15(11-14)23-2/h4-8,11-12H,9-10H2,1-3H3,(H,19,20). The smallest absolute Gasteiger partial charge is 0.251 e. The second-order valence-electron chi connectivity index (χ2n) is 5.61. The van der Waals surface area contributed by atoms with Crippen LogP contribution >= 0.6 is 0 Å². The average molecular weight is 347 g/mol. The Bertz CT molecular complexity index is 844. The highest BCUT2D eigenvalue weighted by Gasteiger charge is 2.14. The highest BCUT2D eigenvalue weighted by Crippen LogP contribution is 2.16. The first kappa shape index (κ1) is 18.0. The van der Waals surface area contributed by atoms with Crippen molar-refractivity contribution in [3.63, 3.8) is 0 Å². The lowest BCUT2D eigenvalue weighted by molar-refractivity contribution is 0.0953. The lowest BCUT2D eigenvalue weighted by atomic mass is 10.1. The third-order valence-electron chi connectivity index (χ3n) is 3.72. The molecule has 2 aromatic rings. The van der Waals surface area contributed by atoms with Gasteiger partial charge in [-0.25, -0.2) is 8.42 Å². The second-order valence-corrected chi connectivity index (χ2v) is 7.62. The van der Waals surface area contributed by atoms with E-state index in [-0.39, 0.29) is 10.8 Å². The van der Waals surface area contributed by atoms with Gasteiger partial charge < -0.3 is 10.1 Å². The van der Waals surface area contributed by atoms with E-state index in [9.17, 15) is 13.2 Å². The van der Waals surface area contributed by atoms with E-state index in [1.165, 1.54) is 12.1 Å². The number of hydrogen-bond donors (Lipinski definition) is 1. The summed E-state index contributed by atoms with van der Waals surface area (Å²) < 4.78 is 28.4. The van der Waals surface area contributed by atoms with Gasteiger partial charge in [-0.3, -0.25) is 4.79 Å². The number of carbonyl (C=O) groups is 1. The molecule has 24 heavy (non-hydrogen) atoms. The summed E-state index contributed by atoms with van der Waals surface area (Å²) in [5.74, 6) is 0.497. The average Bonchev–Trinajstić information content (AvgIpc) is 2.54. The minimum Gasteiger partial charge on any atom is -0.497 e. The normalized spacial score (nSPS) is 11.1. The van der Waals surface area contributed by atoms with Crippen LogP contribution in [0, 0.1) is 6.92 Å². The van der Waals surface area contributed by atoms with Gasteiger partial charge in [0.05, 0.1) is 12.0 Å². The van der Waals surface area contributed by atoms with Crippen LogP contribution in [-0.4, -0.2) is 34.2 Å². The van der Waals surface area contributed by atoms with Crippen molar-refractivity contribution in [2.24, 2.45) is 0 Å². The second kappa shape index (κ2) is 7.49. The molecule has 0 saturated carbocycles. The molecule has 0 aliphatic rings. The van der Waals surface area contributed by atoms with Crippen molar-refractivity contribution in [2.75, 3.05) is 19.9 Å². The lowest BCUT2D eigenvalue weighted by Crippen LogP contribution is -2.26. The van der Waals surface area contributed by atoms with Crippen LogP contribution in [0.25, 0.3) is 0 Å². The number of methoxy groups -OCH3 is 1. The van der Waals surface area contributed by atoms with E-state index in [1.54, 1.807) is 20.1 Å². The molecule has 0 aliphatic heterocycles. The van der Waals surface area contributed by atoms with Gasteiger partial charge in [0, 0.05) is 18.4 Å². The molecule has 0 radical (unpaired) electrons. The molecule has 128 valence electrons. The molecule has 0 saturated heterocycles. The number of rotatable bonds is 6. The van der Waals surface area contributed by atoms with Gasteiger partial charge in [0.1, 0.15) is 5.75 Å². The quantitative estimate of drug-likeness (QED) is 0.871. The van der Waals surface area contributed by atoms with Gasteiger partial charge in [-0.05, 0) is 48.7 Å². The Labute approximate surface area is 142 Å². The van der Waals surface area contributed by atoms with Gasteiger partial charge in [0.15, 0.2) is 9.84 Å². The van der Waals surface area contributed by atoms with E-state index in [2.05, 4.69) is 5.32 Å². The number of aryl methyl sites for hydroxylation is 1. The zero-order valence-electron chi connectivity index (χ0n) is 14.0. The molecule has 0 aliphatic carbocycles.